The number of amides is 1. The summed E-state index contributed by atoms with van der Waals surface area (Å²) in [6.07, 6.45) is 6.36. The van der Waals surface area contributed by atoms with Crippen molar-refractivity contribution >= 4 is 17.3 Å². The highest BCUT2D eigenvalue weighted by atomic mass is 16.5. The van der Waals surface area contributed by atoms with Crippen molar-refractivity contribution < 1.29 is 9.53 Å². The van der Waals surface area contributed by atoms with Gasteiger partial charge in [-0.3, -0.25) is 4.79 Å². The van der Waals surface area contributed by atoms with Gasteiger partial charge in [-0.1, -0.05) is 19.8 Å². The van der Waals surface area contributed by atoms with Crippen molar-refractivity contribution in [2.24, 2.45) is 5.92 Å². The smallest absolute Gasteiger partial charge is 0.221 e. The van der Waals surface area contributed by atoms with Gasteiger partial charge in [-0.15, -0.1) is 0 Å². The normalized spacial score (nSPS) is 22.2. The number of hydrogen-bond donors (Lipinski definition) is 2. The minimum atomic E-state index is -0.0910. The minimum absolute atomic E-state index is 0.0910. The highest BCUT2D eigenvalue weighted by molar-refractivity contribution is 5.90. The van der Waals surface area contributed by atoms with Gasteiger partial charge < -0.3 is 15.4 Å². The molecule has 1 aliphatic rings. The quantitative estimate of drug-likeness (QED) is 0.823. The molecule has 1 fully saturated rings. The van der Waals surface area contributed by atoms with Crippen LogP contribution in [0.4, 0.5) is 11.4 Å². The molecule has 1 aliphatic carbocycles. The van der Waals surface area contributed by atoms with Crippen LogP contribution in [0.5, 0.6) is 5.75 Å². The Morgan fingerprint density at radius 2 is 2.05 bits per heavy atom. The van der Waals surface area contributed by atoms with Crippen molar-refractivity contribution in [3.8, 4) is 5.75 Å². The Morgan fingerprint density at radius 1 is 1.24 bits per heavy atom. The van der Waals surface area contributed by atoms with E-state index in [4.69, 9.17) is 4.74 Å². The van der Waals surface area contributed by atoms with Crippen LogP contribution in [0.1, 0.15) is 46.0 Å². The number of methoxy groups -OCH3 is 1. The van der Waals surface area contributed by atoms with Gasteiger partial charge in [-0.25, -0.2) is 0 Å². The number of anilines is 2. The van der Waals surface area contributed by atoms with Crippen LogP contribution >= 0.6 is 0 Å². The predicted octanol–water partition coefficient (Wildman–Crippen LogP) is 4.03. The first kappa shape index (κ1) is 15.7. The summed E-state index contributed by atoms with van der Waals surface area (Å²) >= 11 is 0. The minimum Gasteiger partial charge on any atom is -0.494 e. The van der Waals surface area contributed by atoms with E-state index in [0.717, 1.165) is 11.6 Å². The molecule has 116 valence electrons. The van der Waals surface area contributed by atoms with Gasteiger partial charge in [0.25, 0.3) is 0 Å². The van der Waals surface area contributed by atoms with E-state index in [1.165, 1.54) is 39.0 Å². The average Bonchev–Trinajstić information content (AvgIpc) is 2.65. The van der Waals surface area contributed by atoms with E-state index >= 15 is 0 Å². The van der Waals surface area contributed by atoms with Gasteiger partial charge in [0.2, 0.25) is 5.91 Å². The van der Waals surface area contributed by atoms with E-state index in [0.29, 0.717) is 17.5 Å². The molecule has 1 amide bonds. The van der Waals surface area contributed by atoms with Crippen LogP contribution in [0.2, 0.25) is 0 Å². The van der Waals surface area contributed by atoms with Gasteiger partial charge in [-0.2, -0.15) is 0 Å². The molecule has 2 atom stereocenters. The van der Waals surface area contributed by atoms with Crippen molar-refractivity contribution in [1.82, 2.24) is 0 Å². The van der Waals surface area contributed by atoms with Crippen LogP contribution in [0.3, 0.4) is 0 Å². The maximum atomic E-state index is 11.2. The van der Waals surface area contributed by atoms with Crippen LogP contribution < -0.4 is 15.4 Å². The van der Waals surface area contributed by atoms with Gasteiger partial charge in [0, 0.05) is 24.7 Å². The fraction of sp³-hybridized carbons (Fsp3) is 0.588. The Balaban J connectivity index is 2.04. The Hall–Kier alpha value is -1.71. The van der Waals surface area contributed by atoms with Crippen LogP contribution in [0.25, 0.3) is 0 Å². The molecular weight excluding hydrogens is 264 g/mol. The molecule has 1 aromatic carbocycles. The molecule has 4 heteroatoms. The fourth-order valence-corrected chi connectivity index (χ4v) is 2.94. The van der Waals surface area contributed by atoms with Gasteiger partial charge in [0.05, 0.1) is 12.8 Å². The van der Waals surface area contributed by atoms with Crippen LogP contribution in [-0.2, 0) is 4.79 Å². The third kappa shape index (κ3) is 4.66. The first-order chi connectivity index (χ1) is 10.1. The topological polar surface area (TPSA) is 50.4 Å². The third-order valence-electron chi connectivity index (χ3n) is 4.14. The number of hydrogen-bond acceptors (Lipinski definition) is 3. The highest BCUT2D eigenvalue weighted by Gasteiger charge is 2.16. The number of carbonyl (C=O) groups excluding carboxylic acids is 1. The van der Waals surface area contributed by atoms with E-state index in [9.17, 15) is 4.79 Å². The second kappa shape index (κ2) is 7.34. The summed E-state index contributed by atoms with van der Waals surface area (Å²) in [6, 6.07) is 6.38. The number of nitrogens with one attached hydrogen (secondary N) is 2. The highest BCUT2D eigenvalue weighted by Crippen LogP contribution is 2.30. The van der Waals surface area contributed by atoms with E-state index in [-0.39, 0.29) is 5.91 Å². The summed E-state index contributed by atoms with van der Waals surface area (Å²) in [5, 5.41) is 6.38. The molecule has 0 aliphatic heterocycles. The van der Waals surface area contributed by atoms with Crippen molar-refractivity contribution in [3.05, 3.63) is 18.2 Å². The average molecular weight is 290 g/mol. The molecule has 21 heavy (non-hydrogen) atoms. The molecule has 0 aromatic heterocycles. The summed E-state index contributed by atoms with van der Waals surface area (Å²) in [5.74, 6) is 1.44. The van der Waals surface area contributed by atoms with E-state index < -0.39 is 0 Å². The Morgan fingerprint density at radius 3 is 2.76 bits per heavy atom. The maximum Gasteiger partial charge on any atom is 0.221 e. The Kier molecular flexibility index (Phi) is 5.48. The lowest BCUT2D eigenvalue weighted by Gasteiger charge is -2.19. The number of carbonyl (C=O) groups is 1. The first-order valence-corrected chi connectivity index (χ1v) is 7.80. The van der Waals surface area contributed by atoms with Crippen LogP contribution in [0.15, 0.2) is 18.2 Å². The molecular formula is C17H26N2O2. The molecule has 4 nitrogen and oxygen atoms in total. The number of rotatable bonds is 4. The zero-order valence-electron chi connectivity index (χ0n) is 13.2. The zero-order valence-corrected chi connectivity index (χ0v) is 13.2. The van der Waals surface area contributed by atoms with E-state index in [1.54, 1.807) is 7.11 Å². The summed E-state index contributed by atoms with van der Waals surface area (Å²) in [6.45, 7) is 3.84. The lowest BCUT2D eigenvalue weighted by Crippen LogP contribution is -2.18. The number of ether oxygens (including phenoxy) is 1. The van der Waals surface area contributed by atoms with Gasteiger partial charge >= 0.3 is 0 Å². The molecule has 0 spiro atoms. The molecule has 1 saturated carbocycles. The SMILES string of the molecule is COc1cc(NC2CCCC(C)CC2)ccc1NC(C)=O. The molecule has 2 N–H and O–H groups in total. The van der Waals surface area contributed by atoms with Gasteiger partial charge in [-0.05, 0) is 37.3 Å². The summed E-state index contributed by atoms with van der Waals surface area (Å²) in [5.41, 5.74) is 1.77. The first-order valence-electron chi connectivity index (χ1n) is 7.80. The summed E-state index contributed by atoms with van der Waals surface area (Å²) < 4.78 is 5.36. The van der Waals surface area contributed by atoms with E-state index in [2.05, 4.69) is 17.6 Å². The Labute approximate surface area is 127 Å². The molecule has 0 radical (unpaired) electrons. The van der Waals surface area contributed by atoms with Gasteiger partial charge in [0.15, 0.2) is 0 Å². The van der Waals surface area contributed by atoms with Crippen molar-refractivity contribution in [2.75, 3.05) is 17.7 Å². The second-order valence-electron chi connectivity index (χ2n) is 6.05. The second-order valence-corrected chi connectivity index (χ2v) is 6.05. The molecule has 2 unspecified atom stereocenters. The standard InChI is InChI=1S/C17H26N2O2/c1-12-5-4-6-14(8-7-12)19-15-9-10-16(18-13(2)20)17(11-15)21-3/h9-12,14,19H,4-8H2,1-3H3,(H,18,20). The summed E-state index contributed by atoms with van der Waals surface area (Å²) in [4.78, 5) is 11.2. The lowest BCUT2D eigenvalue weighted by atomic mass is 10.0. The predicted molar refractivity (Wildman–Crippen MR) is 87.0 cm³/mol. The summed E-state index contributed by atoms with van der Waals surface area (Å²) in [7, 11) is 1.62. The molecule has 1 aromatic rings. The number of benzene rings is 1. The lowest BCUT2D eigenvalue weighted by molar-refractivity contribution is -0.114. The third-order valence-corrected chi connectivity index (χ3v) is 4.14. The van der Waals surface area contributed by atoms with E-state index in [1.807, 2.05) is 18.2 Å². The van der Waals surface area contributed by atoms with Gasteiger partial charge in [0.1, 0.15) is 5.75 Å². The monoisotopic (exact) mass is 290 g/mol. The molecule has 2 rings (SSSR count). The largest absolute Gasteiger partial charge is 0.494 e. The fourth-order valence-electron chi connectivity index (χ4n) is 2.94. The molecule has 0 heterocycles. The van der Waals surface area contributed by atoms with Crippen molar-refractivity contribution in [3.63, 3.8) is 0 Å². The van der Waals surface area contributed by atoms with Crippen LogP contribution in [0, 0.1) is 5.92 Å². The maximum absolute atomic E-state index is 11.2. The molecule has 0 bridgehead atoms. The van der Waals surface area contributed by atoms with Crippen LogP contribution in [-0.4, -0.2) is 19.1 Å². The molecule has 0 saturated heterocycles. The Bertz CT molecular complexity index is 488. The van der Waals surface area contributed by atoms with Crippen molar-refractivity contribution in [2.45, 2.75) is 52.0 Å². The zero-order chi connectivity index (χ0) is 15.2. The van der Waals surface area contributed by atoms with Crippen molar-refractivity contribution in [1.29, 1.82) is 0 Å².